The Labute approximate surface area is 120 Å². The van der Waals surface area contributed by atoms with Crippen molar-refractivity contribution in [3.63, 3.8) is 0 Å². The second-order valence-corrected chi connectivity index (χ2v) is 5.77. The maximum atomic E-state index is 6.08. The molecule has 2 aromatic rings. The first kappa shape index (κ1) is 12.6. The second kappa shape index (κ2) is 4.94. The predicted octanol–water partition coefficient (Wildman–Crippen LogP) is 2.08. The highest BCUT2D eigenvalue weighted by Crippen LogP contribution is 2.30. The summed E-state index contributed by atoms with van der Waals surface area (Å²) in [7, 11) is 0. The molecule has 1 aliphatic rings. The molecule has 0 radical (unpaired) electrons. The summed E-state index contributed by atoms with van der Waals surface area (Å²) in [6.07, 6.45) is 1.79. The SMILES string of the molecule is CC(N)c1cc(Br)ccc1N1CCn2cnnc2C1. The summed E-state index contributed by atoms with van der Waals surface area (Å²) in [5.41, 5.74) is 8.43. The number of halogens is 1. The Balaban J connectivity index is 1.95. The second-order valence-electron chi connectivity index (χ2n) is 4.85. The minimum absolute atomic E-state index is 0.00676. The number of anilines is 1. The van der Waals surface area contributed by atoms with E-state index < -0.39 is 0 Å². The highest BCUT2D eigenvalue weighted by Gasteiger charge is 2.20. The number of rotatable bonds is 2. The van der Waals surface area contributed by atoms with E-state index in [0.717, 1.165) is 35.5 Å². The maximum Gasteiger partial charge on any atom is 0.152 e. The summed E-state index contributed by atoms with van der Waals surface area (Å²) in [4.78, 5) is 2.31. The summed E-state index contributed by atoms with van der Waals surface area (Å²) in [5.74, 6) is 1.00. The van der Waals surface area contributed by atoms with Crippen molar-refractivity contribution >= 4 is 21.6 Å². The molecule has 2 N–H and O–H groups in total. The lowest BCUT2D eigenvalue weighted by Gasteiger charge is -2.31. The molecular formula is C13H16BrN5. The molecule has 0 aliphatic carbocycles. The van der Waals surface area contributed by atoms with Gasteiger partial charge in [-0.2, -0.15) is 0 Å². The van der Waals surface area contributed by atoms with E-state index in [4.69, 9.17) is 5.73 Å². The van der Waals surface area contributed by atoms with E-state index in [-0.39, 0.29) is 6.04 Å². The van der Waals surface area contributed by atoms with Crippen LogP contribution >= 0.6 is 15.9 Å². The lowest BCUT2D eigenvalue weighted by Crippen LogP contribution is -2.34. The number of benzene rings is 1. The normalized spacial score (nSPS) is 16.3. The fourth-order valence-electron chi connectivity index (χ4n) is 2.45. The summed E-state index contributed by atoms with van der Waals surface area (Å²) >= 11 is 3.51. The van der Waals surface area contributed by atoms with Gasteiger partial charge >= 0.3 is 0 Å². The van der Waals surface area contributed by atoms with E-state index in [2.05, 4.69) is 53.8 Å². The first-order valence-corrected chi connectivity index (χ1v) is 7.11. The first-order chi connectivity index (χ1) is 9.15. The number of nitrogens with zero attached hydrogens (tertiary/aromatic N) is 4. The third-order valence-electron chi connectivity index (χ3n) is 3.46. The number of hydrogen-bond donors (Lipinski definition) is 1. The zero-order valence-electron chi connectivity index (χ0n) is 10.8. The summed E-state index contributed by atoms with van der Waals surface area (Å²) in [5, 5.41) is 8.11. The smallest absolute Gasteiger partial charge is 0.152 e. The topological polar surface area (TPSA) is 60.0 Å². The average molecular weight is 322 g/mol. The Morgan fingerprint density at radius 1 is 1.37 bits per heavy atom. The number of aromatic nitrogens is 3. The van der Waals surface area contributed by atoms with Gasteiger partial charge < -0.3 is 15.2 Å². The van der Waals surface area contributed by atoms with Crippen LogP contribution in [0.4, 0.5) is 5.69 Å². The molecule has 0 bridgehead atoms. The molecule has 5 nitrogen and oxygen atoms in total. The van der Waals surface area contributed by atoms with Gasteiger partial charge in [0.25, 0.3) is 0 Å². The standard InChI is InChI=1S/C13H16BrN5/c1-9(15)11-6-10(14)2-3-12(11)18-4-5-19-8-16-17-13(19)7-18/h2-3,6,8-9H,4-5,7,15H2,1H3. The Morgan fingerprint density at radius 2 is 2.21 bits per heavy atom. The third-order valence-corrected chi connectivity index (χ3v) is 3.95. The van der Waals surface area contributed by atoms with E-state index in [1.807, 2.05) is 6.92 Å². The van der Waals surface area contributed by atoms with Gasteiger partial charge in [-0.15, -0.1) is 10.2 Å². The van der Waals surface area contributed by atoms with Crippen LogP contribution in [0.2, 0.25) is 0 Å². The summed E-state index contributed by atoms with van der Waals surface area (Å²) in [6.45, 7) is 4.66. The van der Waals surface area contributed by atoms with Gasteiger partial charge in [0.05, 0.1) is 6.54 Å². The van der Waals surface area contributed by atoms with Crippen LogP contribution < -0.4 is 10.6 Å². The zero-order chi connectivity index (χ0) is 13.4. The molecule has 0 fully saturated rings. The lowest BCUT2D eigenvalue weighted by molar-refractivity contribution is 0.557. The van der Waals surface area contributed by atoms with Crippen LogP contribution in [0.5, 0.6) is 0 Å². The van der Waals surface area contributed by atoms with Crippen LogP contribution in [0.3, 0.4) is 0 Å². The van der Waals surface area contributed by atoms with E-state index in [0.29, 0.717) is 0 Å². The molecule has 0 saturated heterocycles. The molecule has 19 heavy (non-hydrogen) atoms. The van der Waals surface area contributed by atoms with Crippen molar-refractivity contribution in [2.45, 2.75) is 26.1 Å². The minimum Gasteiger partial charge on any atom is -0.362 e. The zero-order valence-corrected chi connectivity index (χ0v) is 12.3. The number of nitrogens with two attached hydrogens (primary N) is 1. The molecule has 1 aromatic carbocycles. The molecule has 0 spiro atoms. The summed E-state index contributed by atoms with van der Waals surface area (Å²) < 4.78 is 3.16. The fourth-order valence-corrected chi connectivity index (χ4v) is 2.83. The third kappa shape index (κ3) is 2.37. The molecule has 2 heterocycles. The van der Waals surface area contributed by atoms with Crippen LogP contribution in [0.15, 0.2) is 29.0 Å². The van der Waals surface area contributed by atoms with Crippen molar-refractivity contribution in [3.05, 3.63) is 40.4 Å². The maximum absolute atomic E-state index is 6.08. The molecule has 1 aliphatic heterocycles. The largest absolute Gasteiger partial charge is 0.362 e. The highest BCUT2D eigenvalue weighted by atomic mass is 79.9. The van der Waals surface area contributed by atoms with Crippen LogP contribution in [0, 0.1) is 0 Å². The quantitative estimate of drug-likeness (QED) is 0.920. The van der Waals surface area contributed by atoms with Crippen molar-refractivity contribution in [2.24, 2.45) is 5.73 Å². The minimum atomic E-state index is 0.00676. The van der Waals surface area contributed by atoms with Gasteiger partial charge in [-0.25, -0.2) is 0 Å². The van der Waals surface area contributed by atoms with Crippen LogP contribution in [0.25, 0.3) is 0 Å². The molecule has 6 heteroatoms. The van der Waals surface area contributed by atoms with Crippen LogP contribution in [0.1, 0.15) is 24.4 Å². The number of fused-ring (bicyclic) bond motifs is 1. The van der Waals surface area contributed by atoms with Gasteiger partial charge in [0.2, 0.25) is 0 Å². The Morgan fingerprint density at radius 3 is 3.00 bits per heavy atom. The van der Waals surface area contributed by atoms with Gasteiger partial charge in [-0.1, -0.05) is 15.9 Å². The van der Waals surface area contributed by atoms with E-state index in [1.165, 1.54) is 5.69 Å². The Hall–Kier alpha value is -1.40. The van der Waals surface area contributed by atoms with Crippen LogP contribution in [-0.4, -0.2) is 21.3 Å². The van der Waals surface area contributed by atoms with Crippen molar-refractivity contribution in [1.29, 1.82) is 0 Å². The van der Waals surface area contributed by atoms with Crippen molar-refractivity contribution in [1.82, 2.24) is 14.8 Å². The van der Waals surface area contributed by atoms with Crippen LogP contribution in [-0.2, 0) is 13.1 Å². The first-order valence-electron chi connectivity index (χ1n) is 6.32. The van der Waals surface area contributed by atoms with Gasteiger partial charge in [0.1, 0.15) is 6.33 Å². The number of hydrogen-bond acceptors (Lipinski definition) is 4. The predicted molar refractivity (Wildman–Crippen MR) is 77.8 cm³/mol. The molecule has 3 rings (SSSR count). The fraction of sp³-hybridized carbons (Fsp3) is 0.385. The monoisotopic (exact) mass is 321 g/mol. The molecule has 1 unspecified atom stereocenters. The molecule has 100 valence electrons. The van der Waals surface area contributed by atoms with E-state index in [1.54, 1.807) is 6.33 Å². The molecule has 0 amide bonds. The van der Waals surface area contributed by atoms with Gasteiger partial charge in [-0.05, 0) is 30.7 Å². The summed E-state index contributed by atoms with van der Waals surface area (Å²) in [6, 6.07) is 6.28. The van der Waals surface area contributed by atoms with Crippen molar-refractivity contribution in [3.8, 4) is 0 Å². The van der Waals surface area contributed by atoms with Gasteiger partial charge in [-0.3, -0.25) is 0 Å². The molecule has 1 atom stereocenters. The molecule has 0 saturated carbocycles. The van der Waals surface area contributed by atoms with Gasteiger partial charge in [0.15, 0.2) is 5.82 Å². The highest BCUT2D eigenvalue weighted by molar-refractivity contribution is 9.10. The van der Waals surface area contributed by atoms with Gasteiger partial charge in [0, 0.05) is 29.3 Å². The van der Waals surface area contributed by atoms with Crippen molar-refractivity contribution < 1.29 is 0 Å². The Bertz CT molecular complexity index is 592. The van der Waals surface area contributed by atoms with Crippen molar-refractivity contribution in [2.75, 3.05) is 11.4 Å². The van der Waals surface area contributed by atoms with E-state index in [9.17, 15) is 0 Å². The Kier molecular flexibility index (Phi) is 3.28. The molecule has 1 aromatic heterocycles. The lowest BCUT2D eigenvalue weighted by atomic mass is 10.1. The van der Waals surface area contributed by atoms with E-state index >= 15 is 0 Å². The molecular weight excluding hydrogens is 306 g/mol. The average Bonchev–Trinajstić information content (AvgIpc) is 2.85.